The highest BCUT2D eigenvalue weighted by Crippen LogP contribution is 2.20. The molecule has 4 heteroatoms. The highest BCUT2D eigenvalue weighted by molar-refractivity contribution is 6.30. The van der Waals surface area contributed by atoms with E-state index in [2.05, 4.69) is 18.8 Å². The van der Waals surface area contributed by atoms with Crippen LogP contribution in [0.4, 0.5) is 0 Å². The molecule has 1 rings (SSSR count). The molecule has 2 N–H and O–H groups in total. The molecule has 0 aliphatic heterocycles. The van der Waals surface area contributed by atoms with Crippen molar-refractivity contribution in [2.24, 2.45) is 12.8 Å². The summed E-state index contributed by atoms with van der Waals surface area (Å²) < 4.78 is 1.97. The van der Waals surface area contributed by atoms with Crippen LogP contribution >= 0.6 is 11.6 Å². The summed E-state index contributed by atoms with van der Waals surface area (Å²) in [6.07, 6.45) is 0. The molecule has 0 spiro atoms. The Labute approximate surface area is 77.5 Å². The third-order valence-electron chi connectivity index (χ3n) is 1.91. The first-order valence-electron chi connectivity index (χ1n) is 3.99. The Morgan fingerprint density at radius 3 is 2.42 bits per heavy atom. The van der Waals surface area contributed by atoms with Crippen LogP contribution in [0.5, 0.6) is 0 Å². The molecule has 12 heavy (non-hydrogen) atoms. The van der Waals surface area contributed by atoms with Crippen molar-refractivity contribution in [1.29, 1.82) is 0 Å². The van der Waals surface area contributed by atoms with Crippen molar-refractivity contribution in [1.82, 2.24) is 9.55 Å². The van der Waals surface area contributed by atoms with Gasteiger partial charge in [0.25, 0.3) is 0 Å². The third-order valence-corrected chi connectivity index (χ3v) is 2.21. The van der Waals surface area contributed by atoms with Gasteiger partial charge in [0.1, 0.15) is 5.82 Å². The Morgan fingerprint density at radius 1 is 1.58 bits per heavy atom. The van der Waals surface area contributed by atoms with Crippen LogP contribution in [-0.4, -0.2) is 9.55 Å². The number of hydrogen-bond donors (Lipinski definition) is 1. The van der Waals surface area contributed by atoms with Gasteiger partial charge in [0.05, 0.1) is 5.69 Å². The molecule has 0 fully saturated rings. The molecule has 0 bridgehead atoms. The second-order valence-electron chi connectivity index (χ2n) is 3.13. The molecule has 0 radical (unpaired) electrons. The minimum Gasteiger partial charge on any atom is -0.332 e. The van der Waals surface area contributed by atoms with Crippen molar-refractivity contribution in [3.05, 3.63) is 16.7 Å². The fourth-order valence-corrected chi connectivity index (χ4v) is 1.54. The van der Waals surface area contributed by atoms with Crippen LogP contribution in [0, 0.1) is 0 Å². The predicted molar refractivity (Wildman–Crippen MR) is 50.2 cm³/mol. The number of nitrogens with two attached hydrogens (primary N) is 1. The molecule has 0 saturated heterocycles. The van der Waals surface area contributed by atoms with Gasteiger partial charge >= 0.3 is 0 Å². The number of aromatic nitrogens is 2. The number of rotatable bonds is 2. The van der Waals surface area contributed by atoms with Crippen molar-refractivity contribution in [2.75, 3.05) is 0 Å². The lowest BCUT2D eigenvalue weighted by Crippen LogP contribution is -2.07. The van der Waals surface area contributed by atoms with Gasteiger partial charge in [0, 0.05) is 19.5 Å². The van der Waals surface area contributed by atoms with E-state index >= 15 is 0 Å². The highest BCUT2D eigenvalue weighted by Gasteiger charge is 2.13. The smallest absolute Gasteiger partial charge is 0.151 e. The number of halogens is 1. The Bertz CT molecular complexity index is 278. The van der Waals surface area contributed by atoms with Gasteiger partial charge in [0.2, 0.25) is 0 Å². The SMILES string of the molecule is CC(C)c1nc(Cl)c(CN)n1C. The van der Waals surface area contributed by atoms with E-state index in [1.54, 1.807) is 0 Å². The van der Waals surface area contributed by atoms with Gasteiger partial charge in [-0.1, -0.05) is 25.4 Å². The largest absolute Gasteiger partial charge is 0.332 e. The Kier molecular flexibility index (Phi) is 2.75. The van der Waals surface area contributed by atoms with Gasteiger partial charge in [-0.15, -0.1) is 0 Å². The average molecular weight is 188 g/mol. The van der Waals surface area contributed by atoms with E-state index in [-0.39, 0.29) is 0 Å². The summed E-state index contributed by atoms with van der Waals surface area (Å²) in [4.78, 5) is 4.23. The van der Waals surface area contributed by atoms with Crippen LogP contribution in [-0.2, 0) is 13.6 Å². The van der Waals surface area contributed by atoms with Crippen LogP contribution in [0.2, 0.25) is 5.15 Å². The fraction of sp³-hybridized carbons (Fsp3) is 0.625. The van der Waals surface area contributed by atoms with Gasteiger partial charge < -0.3 is 10.3 Å². The Balaban J connectivity index is 3.17. The summed E-state index contributed by atoms with van der Waals surface area (Å²) in [5, 5.41) is 0.531. The summed E-state index contributed by atoms with van der Waals surface area (Å²) >= 11 is 5.88. The lowest BCUT2D eigenvalue weighted by Gasteiger charge is -2.05. The van der Waals surface area contributed by atoms with Crippen LogP contribution < -0.4 is 5.73 Å². The van der Waals surface area contributed by atoms with Crippen molar-refractivity contribution >= 4 is 11.6 Å². The number of hydrogen-bond acceptors (Lipinski definition) is 2. The molecular weight excluding hydrogens is 174 g/mol. The molecule has 68 valence electrons. The van der Waals surface area contributed by atoms with E-state index in [0.29, 0.717) is 17.6 Å². The second kappa shape index (κ2) is 3.46. The van der Waals surface area contributed by atoms with Crippen LogP contribution in [0.25, 0.3) is 0 Å². The monoisotopic (exact) mass is 187 g/mol. The highest BCUT2D eigenvalue weighted by atomic mass is 35.5. The van der Waals surface area contributed by atoms with Crippen LogP contribution in [0.15, 0.2) is 0 Å². The average Bonchev–Trinajstić information content (AvgIpc) is 2.27. The first-order chi connectivity index (χ1) is 5.57. The molecule has 0 amide bonds. The normalized spacial score (nSPS) is 11.2. The van der Waals surface area contributed by atoms with E-state index in [9.17, 15) is 0 Å². The zero-order valence-corrected chi connectivity index (χ0v) is 8.39. The molecule has 3 nitrogen and oxygen atoms in total. The molecule has 1 aromatic rings. The zero-order valence-electron chi connectivity index (χ0n) is 7.63. The van der Waals surface area contributed by atoms with Crippen molar-refractivity contribution in [2.45, 2.75) is 26.3 Å². The first kappa shape index (κ1) is 9.55. The maximum Gasteiger partial charge on any atom is 0.151 e. The van der Waals surface area contributed by atoms with Gasteiger partial charge in [-0.25, -0.2) is 4.98 Å². The van der Waals surface area contributed by atoms with Gasteiger partial charge in [0.15, 0.2) is 5.15 Å². The quantitative estimate of drug-likeness (QED) is 0.766. The molecule has 0 unspecified atom stereocenters. The van der Waals surface area contributed by atoms with Gasteiger partial charge in [-0.3, -0.25) is 0 Å². The minimum atomic E-state index is 0.382. The van der Waals surface area contributed by atoms with E-state index in [4.69, 9.17) is 17.3 Å². The molecule has 1 aromatic heterocycles. The van der Waals surface area contributed by atoms with E-state index in [1.807, 2.05) is 11.6 Å². The fourth-order valence-electron chi connectivity index (χ4n) is 1.25. The summed E-state index contributed by atoms with van der Waals surface area (Å²) in [6, 6.07) is 0. The van der Waals surface area contributed by atoms with Crippen LogP contribution in [0.3, 0.4) is 0 Å². The Hall–Kier alpha value is -0.540. The summed E-state index contributed by atoms with van der Waals surface area (Å²) in [5.41, 5.74) is 6.42. The minimum absolute atomic E-state index is 0.382. The zero-order chi connectivity index (χ0) is 9.30. The predicted octanol–water partition coefficient (Wildman–Crippen LogP) is 1.66. The maximum atomic E-state index is 5.88. The lowest BCUT2D eigenvalue weighted by atomic mass is 10.2. The van der Waals surface area contributed by atoms with Crippen molar-refractivity contribution < 1.29 is 0 Å². The number of imidazole rings is 1. The summed E-state index contributed by atoms with van der Waals surface area (Å²) in [7, 11) is 1.94. The lowest BCUT2D eigenvalue weighted by molar-refractivity contribution is 0.688. The first-order valence-corrected chi connectivity index (χ1v) is 4.36. The van der Waals surface area contributed by atoms with Crippen molar-refractivity contribution in [3.63, 3.8) is 0 Å². The molecule has 0 atom stereocenters. The molecule has 0 saturated carbocycles. The standard InChI is InChI=1S/C8H14ClN3/c1-5(2)8-11-7(9)6(4-10)12(8)3/h5H,4,10H2,1-3H3. The van der Waals surface area contributed by atoms with Gasteiger partial charge in [-0.2, -0.15) is 0 Å². The molecule has 1 heterocycles. The van der Waals surface area contributed by atoms with E-state index < -0.39 is 0 Å². The molecule has 0 aliphatic carbocycles. The molecule has 0 aromatic carbocycles. The second-order valence-corrected chi connectivity index (χ2v) is 3.48. The van der Waals surface area contributed by atoms with Gasteiger partial charge in [-0.05, 0) is 0 Å². The molecular formula is C8H14ClN3. The van der Waals surface area contributed by atoms with Crippen LogP contribution in [0.1, 0.15) is 31.3 Å². The summed E-state index contributed by atoms with van der Waals surface area (Å²) in [6.45, 7) is 4.60. The summed E-state index contributed by atoms with van der Waals surface area (Å²) in [5.74, 6) is 1.37. The van der Waals surface area contributed by atoms with Crippen molar-refractivity contribution in [3.8, 4) is 0 Å². The van der Waals surface area contributed by atoms with E-state index in [1.165, 1.54) is 0 Å². The Morgan fingerprint density at radius 2 is 2.17 bits per heavy atom. The maximum absolute atomic E-state index is 5.88. The topological polar surface area (TPSA) is 43.8 Å². The van der Waals surface area contributed by atoms with E-state index in [0.717, 1.165) is 11.5 Å². The third kappa shape index (κ3) is 1.47. The molecule has 0 aliphatic rings. The number of nitrogens with zero attached hydrogens (tertiary/aromatic N) is 2.